The van der Waals surface area contributed by atoms with Crippen LogP contribution >= 0.6 is 11.6 Å². The molecule has 0 radical (unpaired) electrons. The summed E-state index contributed by atoms with van der Waals surface area (Å²) in [6, 6.07) is 2.09. The largest absolute Gasteiger partial charge is 0.371 e. The van der Waals surface area contributed by atoms with Crippen LogP contribution in [-0.4, -0.2) is 50.4 Å². The first-order valence-electron chi connectivity index (χ1n) is 9.07. The van der Waals surface area contributed by atoms with Crippen LogP contribution in [0.15, 0.2) is 23.3 Å². The quantitative estimate of drug-likeness (QED) is 0.799. The predicted octanol–water partition coefficient (Wildman–Crippen LogP) is 2.31. The third-order valence-electron chi connectivity index (χ3n) is 5.21. The smallest absolute Gasteiger partial charge is 0.269 e. The average Bonchev–Trinajstić information content (AvgIpc) is 2.93. The Morgan fingerprint density at radius 1 is 1.38 bits per heavy atom. The maximum absolute atomic E-state index is 12.6. The van der Waals surface area contributed by atoms with E-state index < -0.39 is 0 Å². The van der Waals surface area contributed by atoms with Crippen molar-refractivity contribution in [1.29, 1.82) is 0 Å². The van der Waals surface area contributed by atoms with Gasteiger partial charge in [0.15, 0.2) is 0 Å². The van der Waals surface area contributed by atoms with Gasteiger partial charge in [0.25, 0.3) is 5.56 Å². The van der Waals surface area contributed by atoms with Crippen molar-refractivity contribution in [3.8, 4) is 0 Å². The van der Waals surface area contributed by atoms with Gasteiger partial charge in [0.1, 0.15) is 11.0 Å². The molecule has 3 heterocycles. The highest BCUT2D eigenvalue weighted by atomic mass is 35.5. The molecule has 1 aliphatic heterocycles. The molecule has 0 unspecified atom stereocenters. The number of likely N-dealkylation sites (tertiary alicyclic amines) is 1. The Hall–Kier alpha value is -1.86. The minimum Gasteiger partial charge on any atom is -0.371 e. The van der Waals surface area contributed by atoms with Gasteiger partial charge in [0.2, 0.25) is 0 Å². The standard InChI is InChI=1S/C18H27ClN6O/c1-13(2)22(3)15-8-18(26)25(21-9-15)14-6-5-7-24(11-14)12-17-20-10-16(19)23(17)4/h8-10,13-14H,5-7,11-12H2,1-4H3/t14-/m1/s1. The fourth-order valence-corrected chi connectivity index (χ4v) is 3.47. The van der Waals surface area contributed by atoms with Crippen molar-refractivity contribution in [2.75, 3.05) is 25.0 Å². The molecule has 8 heteroatoms. The highest BCUT2D eigenvalue weighted by molar-refractivity contribution is 6.29. The summed E-state index contributed by atoms with van der Waals surface area (Å²) in [5, 5.41) is 5.10. The zero-order valence-electron chi connectivity index (χ0n) is 15.9. The fourth-order valence-electron chi connectivity index (χ4n) is 3.32. The van der Waals surface area contributed by atoms with Crippen LogP contribution in [0, 0.1) is 0 Å². The van der Waals surface area contributed by atoms with Crippen molar-refractivity contribution in [3.05, 3.63) is 39.8 Å². The van der Waals surface area contributed by atoms with E-state index >= 15 is 0 Å². The van der Waals surface area contributed by atoms with E-state index in [0.29, 0.717) is 11.2 Å². The van der Waals surface area contributed by atoms with Gasteiger partial charge in [-0.3, -0.25) is 9.69 Å². The van der Waals surface area contributed by atoms with E-state index in [1.807, 2.05) is 18.7 Å². The number of halogens is 1. The van der Waals surface area contributed by atoms with Gasteiger partial charge in [-0.05, 0) is 33.2 Å². The molecule has 0 aliphatic carbocycles. The third kappa shape index (κ3) is 3.94. The Morgan fingerprint density at radius 3 is 2.77 bits per heavy atom. The predicted molar refractivity (Wildman–Crippen MR) is 104 cm³/mol. The van der Waals surface area contributed by atoms with Crippen LogP contribution in [0.4, 0.5) is 5.69 Å². The van der Waals surface area contributed by atoms with Gasteiger partial charge in [-0.25, -0.2) is 9.67 Å². The second kappa shape index (κ2) is 7.80. The number of imidazole rings is 1. The Bertz CT molecular complexity index is 814. The van der Waals surface area contributed by atoms with Crippen LogP contribution in [-0.2, 0) is 13.6 Å². The molecular formula is C18H27ClN6O. The Balaban J connectivity index is 1.73. The van der Waals surface area contributed by atoms with Crippen LogP contribution in [0.25, 0.3) is 0 Å². The first kappa shape index (κ1) is 18.9. The summed E-state index contributed by atoms with van der Waals surface area (Å²) >= 11 is 6.08. The molecule has 26 heavy (non-hydrogen) atoms. The van der Waals surface area contributed by atoms with Crippen molar-refractivity contribution >= 4 is 17.3 Å². The van der Waals surface area contributed by atoms with Crippen molar-refractivity contribution < 1.29 is 0 Å². The summed E-state index contributed by atoms with van der Waals surface area (Å²) < 4.78 is 3.53. The normalized spacial score (nSPS) is 18.5. The monoisotopic (exact) mass is 378 g/mol. The number of hydrogen-bond donors (Lipinski definition) is 0. The number of nitrogens with zero attached hydrogens (tertiary/aromatic N) is 6. The van der Waals surface area contributed by atoms with Crippen LogP contribution in [0.1, 0.15) is 38.6 Å². The van der Waals surface area contributed by atoms with Gasteiger partial charge in [0, 0.05) is 32.7 Å². The SMILES string of the molecule is CC(C)N(C)c1cnn([C@@H]2CCCN(Cc3ncc(Cl)n3C)C2)c(=O)c1. The van der Waals surface area contributed by atoms with Gasteiger partial charge in [-0.15, -0.1) is 0 Å². The Labute approximate surface area is 159 Å². The van der Waals surface area contributed by atoms with Crippen molar-refractivity contribution in [2.24, 2.45) is 7.05 Å². The Kier molecular flexibility index (Phi) is 5.67. The topological polar surface area (TPSA) is 59.2 Å². The lowest BCUT2D eigenvalue weighted by Gasteiger charge is -2.33. The molecule has 1 fully saturated rings. The maximum Gasteiger partial charge on any atom is 0.269 e. The number of hydrogen-bond acceptors (Lipinski definition) is 5. The third-order valence-corrected chi connectivity index (χ3v) is 5.56. The van der Waals surface area contributed by atoms with Gasteiger partial charge in [0.05, 0.1) is 30.7 Å². The van der Waals surface area contributed by atoms with E-state index in [1.165, 1.54) is 0 Å². The fraction of sp³-hybridized carbons (Fsp3) is 0.611. The highest BCUT2D eigenvalue weighted by Crippen LogP contribution is 2.22. The summed E-state index contributed by atoms with van der Waals surface area (Å²) in [7, 11) is 3.90. The molecule has 2 aromatic heterocycles. The molecule has 0 N–H and O–H groups in total. The minimum absolute atomic E-state index is 0.0399. The van der Waals surface area contributed by atoms with Crippen LogP contribution in [0.2, 0.25) is 5.15 Å². The summed E-state index contributed by atoms with van der Waals surface area (Å²) in [5.74, 6) is 0.935. The molecule has 1 aliphatic rings. The van der Waals surface area contributed by atoms with E-state index in [2.05, 4.69) is 33.7 Å². The molecule has 0 aromatic carbocycles. The number of piperidine rings is 1. The summed E-state index contributed by atoms with van der Waals surface area (Å²) in [6.07, 6.45) is 5.46. The molecule has 1 atom stereocenters. The van der Waals surface area contributed by atoms with E-state index in [-0.39, 0.29) is 11.6 Å². The lowest BCUT2D eigenvalue weighted by atomic mass is 10.1. The Morgan fingerprint density at radius 2 is 2.15 bits per heavy atom. The van der Waals surface area contributed by atoms with Gasteiger partial charge in [-0.1, -0.05) is 11.6 Å². The van der Waals surface area contributed by atoms with Gasteiger partial charge in [-0.2, -0.15) is 5.10 Å². The average molecular weight is 379 g/mol. The van der Waals surface area contributed by atoms with Crippen molar-refractivity contribution in [1.82, 2.24) is 24.2 Å². The molecular weight excluding hydrogens is 352 g/mol. The lowest BCUT2D eigenvalue weighted by molar-refractivity contribution is 0.155. The maximum atomic E-state index is 12.6. The second-order valence-electron chi connectivity index (χ2n) is 7.29. The second-order valence-corrected chi connectivity index (χ2v) is 7.68. The summed E-state index contributed by atoms with van der Waals surface area (Å²) in [4.78, 5) is 21.3. The van der Waals surface area contributed by atoms with Crippen molar-refractivity contribution in [3.63, 3.8) is 0 Å². The van der Waals surface area contributed by atoms with Gasteiger partial charge < -0.3 is 9.47 Å². The van der Waals surface area contributed by atoms with Crippen LogP contribution < -0.4 is 10.5 Å². The lowest BCUT2D eigenvalue weighted by Crippen LogP contribution is -2.41. The molecule has 0 spiro atoms. The van der Waals surface area contributed by atoms with E-state index in [1.54, 1.807) is 23.1 Å². The molecule has 7 nitrogen and oxygen atoms in total. The van der Waals surface area contributed by atoms with E-state index in [4.69, 9.17) is 11.6 Å². The summed E-state index contributed by atoms with van der Waals surface area (Å²) in [5.41, 5.74) is 0.818. The van der Waals surface area contributed by atoms with Crippen LogP contribution in [0.5, 0.6) is 0 Å². The molecule has 0 amide bonds. The zero-order chi connectivity index (χ0) is 18.8. The molecule has 142 valence electrons. The van der Waals surface area contributed by atoms with Crippen molar-refractivity contribution in [2.45, 2.75) is 45.3 Å². The molecule has 2 aromatic rings. The summed E-state index contributed by atoms with van der Waals surface area (Å²) in [6.45, 7) is 6.69. The van der Waals surface area contributed by atoms with E-state index in [9.17, 15) is 4.79 Å². The first-order chi connectivity index (χ1) is 12.4. The van der Waals surface area contributed by atoms with Gasteiger partial charge >= 0.3 is 0 Å². The van der Waals surface area contributed by atoms with Crippen LogP contribution in [0.3, 0.4) is 0 Å². The minimum atomic E-state index is -0.0399. The molecule has 1 saturated heterocycles. The molecule has 3 rings (SSSR count). The van der Waals surface area contributed by atoms with E-state index in [0.717, 1.165) is 44.0 Å². The highest BCUT2D eigenvalue weighted by Gasteiger charge is 2.24. The molecule has 0 saturated carbocycles. The number of rotatable bonds is 5. The first-order valence-corrected chi connectivity index (χ1v) is 9.44. The zero-order valence-corrected chi connectivity index (χ0v) is 16.6. The molecule has 0 bridgehead atoms. The number of anilines is 1. The number of aromatic nitrogens is 4.